The summed E-state index contributed by atoms with van der Waals surface area (Å²) in [6.07, 6.45) is 11.3. The van der Waals surface area contributed by atoms with Gasteiger partial charge < -0.3 is 0 Å². The Morgan fingerprint density at radius 2 is 1.67 bits per heavy atom. The average Bonchev–Trinajstić information content (AvgIpc) is 2.41. The molecule has 1 aliphatic carbocycles. The largest absolute Gasteiger partial charge is 0.0843 e. The van der Waals surface area contributed by atoms with Crippen molar-refractivity contribution in [2.24, 2.45) is 5.92 Å². The van der Waals surface area contributed by atoms with Crippen molar-refractivity contribution in [3.8, 4) is 0 Å². The van der Waals surface area contributed by atoms with Crippen LogP contribution >= 0.6 is 11.6 Å². The summed E-state index contributed by atoms with van der Waals surface area (Å²) in [5.41, 5.74) is 1.49. The summed E-state index contributed by atoms with van der Waals surface area (Å²) in [6, 6.07) is 8.49. The van der Waals surface area contributed by atoms with Crippen molar-refractivity contribution in [2.45, 2.75) is 64.2 Å². The fourth-order valence-corrected chi connectivity index (χ4v) is 3.33. The van der Waals surface area contributed by atoms with Crippen molar-refractivity contribution in [3.05, 3.63) is 34.9 Å². The molecule has 1 fully saturated rings. The molecule has 0 spiro atoms. The third kappa shape index (κ3) is 4.02. The van der Waals surface area contributed by atoms with Gasteiger partial charge in [0, 0.05) is 5.02 Å². The zero-order chi connectivity index (χ0) is 12.8. The lowest BCUT2D eigenvalue weighted by molar-refractivity contribution is 0.303. The Hall–Kier alpha value is -0.490. The molecule has 0 bridgehead atoms. The molecule has 1 aliphatic rings. The lowest BCUT2D eigenvalue weighted by Gasteiger charge is -2.28. The van der Waals surface area contributed by atoms with Crippen LogP contribution in [0.25, 0.3) is 0 Å². The molecule has 0 heterocycles. The summed E-state index contributed by atoms with van der Waals surface area (Å²) in [5.74, 6) is 1.78. The van der Waals surface area contributed by atoms with Crippen molar-refractivity contribution in [1.29, 1.82) is 0 Å². The van der Waals surface area contributed by atoms with Gasteiger partial charge in [0.05, 0.1) is 0 Å². The Bertz CT molecular complexity index is 333. The molecule has 100 valence electrons. The molecule has 1 saturated carbocycles. The average molecular weight is 265 g/mol. The van der Waals surface area contributed by atoms with Crippen molar-refractivity contribution in [3.63, 3.8) is 0 Å². The minimum absolute atomic E-state index is 0.782. The van der Waals surface area contributed by atoms with Crippen LogP contribution in [0.1, 0.15) is 69.8 Å². The molecule has 1 aromatic rings. The molecule has 0 aliphatic heterocycles. The van der Waals surface area contributed by atoms with Crippen molar-refractivity contribution < 1.29 is 0 Å². The first kappa shape index (κ1) is 13.9. The van der Waals surface area contributed by atoms with Gasteiger partial charge >= 0.3 is 0 Å². The highest BCUT2D eigenvalue weighted by molar-refractivity contribution is 6.30. The fraction of sp³-hybridized carbons (Fsp3) is 0.647. The van der Waals surface area contributed by atoms with Gasteiger partial charge in [0.1, 0.15) is 0 Å². The molecule has 0 aromatic heterocycles. The molecular formula is C17H25Cl. The highest BCUT2D eigenvalue weighted by Crippen LogP contribution is 2.37. The Labute approximate surface area is 117 Å². The molecule has 0 amide bonds. The molecule has 0 unspecified atom stereocenters. The summed E-state index contributed by atoms with van der Waals surface area (Å²) in [6.45, 7) is 2.29. The second-order valence-corrected chi connectivity index (χ2v) is 6.20. The lowest BCUT2D eigenvalue weighted by Crippen LogP contribution is -2.13. The van der Waals surface area contributed by atoms with E-state index in [1.165, 1.54) is 56.9 Å². The van der Waals surface area contributed by atoms with E-state index >= 15 is 0 Å². The van der Waals surface area contributed by atoms with Crippen LogP contribution in [0.2, 0.25) is 5.02 Å². The van der Waals surface area contributed by atoms with Crippen molar-refractivity contribution >= 4 is 11.6 Å². The van der Waals surface area contributed by atoms with Gasteiger partial charge in [0.15, 0.2) is 0 Å². The minimum atomic E-state index is 0.782. The Kier molecular flexibility index (Phi) is 5.56. The van der Waals surface area contributed by atoms with Crippen LogP contribution < -0.4 is 0 Å². The van der Waals surface area contributed by atoms with Gasteiger partial charge in [-0.2, -0.15) is 0 Å². The smallest absolute Gasteiger partial charge is 0.0406 e. The van der Waals surface area contributed by atoms with Crippen LogP contribution in [-0.2, 0) is 0 Å². The molecule has 0 atom stereocenters. The monoisotopic (exact) mass is 264 g/mol. The van der Waals surface area contributed by atoms with E-state index in [1.54, 1.807) is 0 Å². The summed E-state index contributed by atoms with van der Waals surface area (Å²) in [7, 11) is 0. The summed E-state index contributed by atoms with van der Waals surface area (Å²) in [4.78, 5) is 0. The maximum Gasteiger partial charge on any atom is 0.0406 e. The summed E-state index contributed by atoms with van der Waals surface area (Å²) < 4.78 is 0. The zero-order valence-electron chi connectivity index (χ0n) is 11.5. The third-order valence-corrected chi connectivity index (χ3v) is 4.66. The third-order valence-electron chi connectivity index (χ3n) is 4.40. The maximum atomic E-state index is 5.94. The first-order chi connectivity index (χ1) is 8.79. The number of unbranched alkanes of at least 4 members (excludes halogenated alkanes) is 2. The van der Waals surface area contributed by atoms with E-state index in [2.05, 4.69) is 19.1 Å². The van der Waals surface area contributed by atoms with E-state index in [0.29, 0.717) is 0 Å². The van der Waals surface area contributed by atoms with Crippen molar-refractivity contribution in [2.75, 3.05) is 0 Å². The Balaban J connectivity index is 1.77. The van der Waals surface area contributed by atoms with Gasteiger partial charge in [0.2, 0.25) is 0 Å². The molecule has 0 radical (unpaired) electrons. The summed E-state index contributed by atoms with van der Waals surface area (Å²) in [5, 5.41) is 0.854. The van der Waals surface area contributed by atoms with E-state index in [1.807, 2.05) is 12.1 Å². The van der Waals surface area contributed by atoms with E-state index in [9.17, 15) is 0 Å². The minimum Gasteiger partial charge on any atom is -0.0843 e. The standard InChI is InChI=1S/C17H25Cl/c1-2-3-4-5-14-6-8-15(9-7-14)16-10-12-17(18)13-11-16/h10-15H,2-9H2,1H3/t14-,15-. The SMILES string of the molecule is CCCCC[C@H]1CC[C@H](c2ccc(Cl)cc2)CC1. The predicted octanol–water partition coefficient (Wildman–Crippen LogP) is 6.19. The van der Waals surface area contributed by atoms with E-state index < -0.39 is 0 Å². The van der Waals surface area contributed by atoms with Gasteiger partial charge in [-0.3, -0.25) is 0 Å². The van der Waals surface area contributed by atoms with Crippen LogP contribution in [0, 0.1) is 5.92 Å². The summed E-state index contributed by atoms with van der Waals surface area (Å²) >= 11 is 5.94. The first-order valence-electron chi connectivity index (χ1n) is 7.55. The first-order valence-corrected chi connectivity index (χ1v) is 7.93. The van der Waals surface area contributed by atoms with Gasteiger partial charge in [-0.15, -0.1) is 0 Å². The van der Waals surface area contributed by atoms with E-state index in [0.717, 1.165) is 16.9 Å². The zero-order valence-corrected chi connectivity index (χ0v) is 12.3. The number of rotatable bonds is 5. The quantitative estimate of drug-likeness (QED) is 0.556. The maximum absolute atomic E-state index is 5.94. The molecule has 0 nitrogen and oxygen atoms in total. The number of hydrogen-bond acceptors (Lipinski definition) is 0. The van der Waals surface area contributed by atoms with Crippen LogP contribution in [0.3, 0.4) is 0 Å². The number of hydrogen-bond donors (Lipinski definition) is 0. The molecule has 1 heteroatoms. The number of halogens is 1. The van der Waals surface area contributed by atoms with Crippen LogP contribution in [-0.4, -0.2) is 0 Å². The fourth-order valence-electron chi connectivity index (χ4n) is 3.20. The van der Waals surface area contributed by atoms with E-state index in [4.69, 9.17) is 11.6 Å². The molecule has 0 saturated heterocycles. The van der Waals surface area contributed by atoms with Crippen molar-refractivity contribution in [1.82, 2.24) is 0 Å². The molecule has 1 aromatic carbocycles. The van der Waals surface area contributed by atoms with Gasteiger partial charge in [-0.25, -0.2) is 0 Å². The highest BCUT2D eigenvalue weighted by Gasteiger charge is 2.21. The Morgan fingerprint density at radius 3 is 2.28 bits per heavy atom. The second kappa shape index (κ2) is 7.19. The number of benzene rings is 1. The molecule has 2 rings (SSSR count). The lowest BCUT2D eigenvalue weighted by atomic mass is 9.77. The van der Waals surface area contributed by atoms with Crippen LogP contribution in [0.5, 0.6) is 0 Å². The predicted molar refractivity (Wildman–Crippen MR) is 80.3 cm³/mol. The molecular weight excluding hydrogens is 240 g/mol. The topological polar surface area (TPSA) is 0 Å². The van der Waals surface area contributed by atoms with Gasteiger partial charge in [0.25, 0.3) is 0 Å². The molecule has 18 heavy (non-hydrogen) atoms. The highest BCUT2D eigenvalue weighted by atomic mass is 35.5. The van der Waals surface area contributed by atoms with Crippen LogP contribution in [0.15, 0.2) is 24.3 Å². The molecule has 0 N–H and O–H groups in total. The van der Waals surface area contributed by atoms with E-state index in [-0.39, 0.29) is 0 Å². The van der Waals surface area contributed by atoms with Gasteiger partial charge in [-0.1, -0.05) is 56.3 Å². The van der Waals surface area contributed by atoms with Crippen LogP contribution in [0.4, 0.5) is 0 Å². The van der Waals surface area contributed by atoms with Gasteiger partial charge in [-0.05, 0) is 55.2 Å². The Morgan fingerprint density at radius 1 is 1.00 bits per heavy atom. The second-order valence-electron chi connectivity index (χ2n) is 5.76. The normalized spacial score (nSPS) is 24.1.